The standard InChI is InChI=1S/C15H23NO3/c1-10(2)12-6-5-9-16(12)11(3)13-7-8-14(19-13)15(17)18-4/h7-8,10-12H,5-6,9H2,1-4H3. The van der Waals surface area contributed by atoms with Crippen LogP contribution in [0.25, 0.3) is 0 Å². The molecule has 0 N–H and O–H groups in total. The van der Waals surface area contributed by atoms with E-state index in [1.54, 1.807) is 6.07 Å². The first-order valence-corrected chi connectivity index (χ1v) is 6.98. The second-order valence-electron chi connectivity index (χ2n) is 5.56. The van der Waals surface area contributed by atoms with Gasteiger partial charge in [0.2, 0.25) is 5.76 Å². The molecule has 0 saturated carbocycles. The molecular weight excluding hydrogens is 242 g/mol. The average molecular weight is 265 g/mol. The number of furan rings is 1. The summed E-state index contributed by atoms with van der Waals surface area (Å²) in [5.41, 5.74) is 0. The van der Waals surface area contributed by atoms with Crippen LogP contribution < -0.4 is 0 Å². The number of rotatable bonds is 4. The molecule has 2 rings (SSSR count). The summed E-state index contributed by atoms with van der Waals surface area (Å²) in [5, 5.41) is 0. The van der Waals surface area contributed by atoms with Crippen LogP contribution in [-0.4, -0.2) is 30.6 Å². The molecule has 1 fully saturated rings. The van der Waals surface area contributed by atoms with E-state index in [9.17, 15) is 4.79 Å². The molecule has 2 heterocycles. The van der Waals surface area contributed by atoms with Crippen molar-refractivity contribution in [3.05, 3.63) is 23.7 Å². The van der Waals surface area contributed by atoms with Crippen molar-refractivity contribution in [2.45, 2.75) is 45.7 Å². The van der Waals surface area contributed by atoms with E-state index in [1.165, 1.54) is 20.0 Å². The molecule has 4 heteroatoms. The van der Waals surface area contributed by atoms with Crippen molar-refractivity contribution in [2.24, 2.45) is 5.92 Å². The van der Waals surface area contributed by atoms with Gasteiger partial charge in [-0.25, -0.2) is 4.79 Å². The van der Waals surface area contributed by atoms with Crippen molar-refractivity contribution < 1.29 is 13.9 Å². The lowest BCUT2D eigenvalue weighted by molar-refractivity contribution is 0.0557. The van der Waals surface area contributed by atoms with Crippen LogP contribution in [0.15, 0.2) is 16.5 Å². The molecular formula is C15H23NO3. The predicted molar refractivity (Wildman–Crippen MR) is 73.0 cm³/mol. The zero-order chi connectivity index (χ0) is 14.0. The van der Waals surface area contributed by atoms with E-state index >= 15 is 0 Å². The Morgan fingerprint density at radius 2 is 2.16 bits per heavy atom. The largest absolute Gasteiger partial charge is 0.463 e. The molecule has 0 radical (unpaired) electrons. The van der Waals surface area contributed by atoms with Crippen molar-refractivity contribution in [2.75, 3.05) is 13.7 Å². The molecule has 0 bridgehead atoms. The number of nitrogens with zero attached hydrogens (tertiary/aromatic N) is 1. The van der Waals surface area contributed by atoms with E-state index in [2.05, 4.69) is 30.4 Å². The summed E-state index contributed by atoms with van der Waals surface area (Å²) >= 11 is 0. The Kier molecular flexibility index (Phi) is 4.30. The minimum atomic E-state index is -0.416. The third kappa shape index (κ3) is 2.84. The Morgan fingerprint density at radius 3 is 2.79 bits per heavy atom. The summed E-state index contributed by atoms with van der Waals surface area (Å²) in [4.78, 5) is 13.9. The number of carbonyl (C=O) groups is 1. The van der Waals surface area contributed by atoms with E-state index in [0.29, 0.717) is 12.0 Å². The Labute approximate surface area is 114 Å². The molecule has 1 aromatic heterocycles. The van der Waals surface area contributed by atoms with Gasteiger partial charge in [-0.1, -0.05) is 13.8 Å². The summed E-state index contributed by atoms with van der Waals surface area (Å²) in [6.45, 7) is 7.76. The molecule has 1 aliphatic heterocycles. The zero-order valence-corrected chi connectivity index (χ0v) is 12.2. The Hall–Kier alpha value is -1.29. The van der Waals surface area contributed by atoms with E-state index in [4.69, 9.17) is 4.42 Å². The van der Waals surface area contributed by atoms with E-state index in [0.717, 1.165) is 12.3 Å². The number of methoxy groups -OCH3 is 1. The fraction of sp³-hybridized carbons (Fsp3) is 0.667. The molecule has 1 aromatic rings. The van der Waals surface area contributed by atoms with Crippen molar-refractivity contribution in [3.8, 4) is 0 Å². The highest BCUT2D eigenvalue weighted by Crippen LogP contribution is 2.33. The second-order valence-corrected chi connectivity index (χ2v) is 5.56. The number of ether oxygens (including phenoxy) is 1. The lowest BCUT2D eigenvalue weighted by Gasteiger charge is -2.31. The van der Waals surface area contributed by atoms with Gasteiger partial charge in [-0.15, -0.1) is 0 Å². The van der Waals surface area contributed by atoms with Crippen molar-refractivity contribution in [1.82, 2.24) is 4.90 Å². The minimum Gasteiger partial charge on any atom is -0.463 e. The van der Waals surface area contributed by atoms with Crippen LogP contribution in [0.1, 0.15) is 56.0 Å². The molecule has 0 amide bonds. The Balaban J connectivity index is 2.13. The molecule has 0 spiro atoms. The van der Waals surface area contributed by atoms with Crippen LogP contribution in [0.4, 0.5) is 0 Å². The van der Waals surface area contributed by atoms with Crippen molar-refractivity contribution in [1.29, 1.82) is 0 Å². The number of esters is 1. The van der Waals surface area contributed by atoms with Crippen LogP contribution >= 0.6 is 0 Å². The minimum absolute atomic E-state index is 0.202. The molecule has 0 aromatic carbocycles. The summed E-state index contributed by atoms with van der Waals surface area (Å²) < 4.78 is 10.3. The highest BCUT2D eigenvalue weighted by atomic mass is 16.5. The highest BCUT2D eigenvalue weighted by Gasteiger charge is 2.32. The topological polar surface area (TPSA) is 42.7 Å². The summed E-state index contributed by atoms with van der Waals surface area (Å²) in [6.07, 6.45) is 2.48. The van der Waals surface area contributed by atoms with Crippen LogP contribution in [0, 0.1) is 5.92 Å². The lowest BCUT2D eigenvalue weighted by atomic mass is 10.0. The molecule has 2 unspecified atom stereocenters. The number of carbonyl (C=O) groups excluding carboxylic acids is 1. The Bertz CT molecular complexity index is 438. The number of hydrogen-bond donors (Lipinski definition) is 0. The fourth-order valence-corrected chi connectivity index (χ4v) is 2.96. The second kappa shape index (κ2) is 5.78. The van der Waals surface area contributed by atoms with E-state index in [1.807, 2.05) is 6.07 Å². The maximum atomic E-state index is 11.4. The van der Waals surface area contributed by atoms with Gasteiger partial charge in [0.25, 0.3) is 0 Å². The molecule has 19 heavy (non-hydrogen) atoms. The van der Waals surface area contributed by atoms with E-state index < -0.39 is 5.97 Å². The van der Waals surface area contributed by atoms with E-state index in [-0.39, 0.29) is 11.8 Å². The third-order valence-electron chi connectivity index (χ3n) is 4.03. The number of hydrogen-bond acceptors (Lipinski definition) is 4. The van der Waals surface area contributed by atoms with Gasteiger partial charge < -0.3 is 9.15 Å². The maximum Gasteiger partial charge on any atom is 0.373 e. The monoisotopic (exact) mass is 265 g/mol. The van der Waals surface area contributed by atoms with Crippen LogP contribution in [0.2, 0.25) is 0 Å². The quantitative estimate of drug-likeness (QED) is 0.784. The predicted octanol–water partition coefficient (Wildman–Crippen LogP) is 3.25. The van der Waals surface area contributed by atoms with Crippen LogP contribution in [0.5, 0.6) is 0 Å². The lowest BCUT2D eigenvalue weighted by Crippen LogP contribution is -2.35. The first-order chi connectivity index (χ1) is 9.04. The van der Waals surface area contributed by atoms with Gasteiger partial charge in [0.05, 0.1) is 13.2 Å². The Morgan fingerprint density at radius 1 is 1.42 bits per heavy atom. The maximum absolute atomic E-state index is 11.4. The van der Waals surface area contributed by atoms with Gasteiger partial charge >= 0.3 is 5.97 Å². The molecule has 1 aliphatic rings. The first-order valence-electron chi connectivity index (χ1n) is 6.98. The molecule has 106 valence electrons. The first kappa shape index (κ1) is 14.1. The average Bonchev–Trinajstić information content (AvgIpc) is 3.05. The van der Waals surface area contributed by atoms with Crippen LogP contribution in [-0.2, 0) is 4.74 Å². The van der Waals surface area contributed by atoms with Gasteiger partial charge in [-0.2, -0.15) is 0 Å². The summed E-state index contributed by atoms with van der Waals surface area (Å²) in [6, 6.07) is 4.38. The van der Waals surface area contributed by atoms with Crippen LogP contribution in [0.3, 0.4) is 0 Å². The van der Waals surface area contributed by atoms with Crippen molar-refractivity contribution in [3.63, 3.8) is 0 Å². The smallest absolute Gasteiger partial charge is 0.373 e. The molecule has 0 aliphatic carbocycles. The van der Waals surface area contributed by atoms with Gasteiger partial charge in [-0.3, -0.25) is 4.90 Å². The highest BCUT2D eigenvalue weighted by molar-refractivity contribution is 5.86. The third-order valence-corrected chi connectivity index (χ3v) is 4.03. The summed E-state index contributed by atoms with van der Waals surface area (Å²) in [5.74, 6) is 1.35. The van der Waals surface area contributed by atoms with Gasteiger partial charge in [0.1, 0.15) is 5.76 Å². The molecule has 1 saturated heterocycles. The normalized spacial score (nSPS) is 21.8. The SMILES string of the molecule is COC(=O)c1ccc(C(C)N2CCCC2C(C)C)o1. The van der Waals surface area contributed by atoms with Gasteiger partial charge in [-0.05, 0) is 44.4 Å². The molecule has 2 atom stereocenters. The molecule has 4 nitrogen and oxygen atoms in total. The number of likely N-dealkylation sites (tertiary alicyclic amines) is 1. The fourth-order valence-electron chi connectivity index (χ4n) is 2.96. The van der Waals surface area contributed by atoms with Gasteiger partial charge in [0, 0.05) is 6.04 Å². The zero-order valence-electron chi connectivity index (χ0n) is 12.2. The van der Waals surface area contributed by atoms with Gasteiger partial charge in [0.15, 0.2) is 0 Å². The van der Waals surface area contributed by atoms with Crippen molar-refractivity contribution >= 4 is 5.97 Å². The summed E-state index contributed by atoms with van der Waals surface area (Å²) in [7, 11) is 1.36.